The van der Waals surface area contributed by atoms with Gasteiger partial charge in [0.05, 0.1) is 12.0 Å². The summed E-state index contributed by atoms with van der Waals surface area (Å²) in [6, 6.07) is 13.8. The van der Waals surface area contributed by atoms with Gasteiger partial charge in [-0.25, -0.2) is 13.4 Å². The van der Waals surface area contributed by atoms with Gasteiger partial charge in [0.15, 0.2) is 0 Å². The van der Waals surface area contributed by atoms with E-state index in [-0.39, 0.29) is 4.90 Å². The molecule has 0 radical (unpaired) electrons. The molecule has 0 saturated heterocycles. The minimum absolute atomic E-state index is 0.232. The first-order valence-electron chi connectivity index (χ1n) is 7.02. The van der Waals surface area contributed by atoms with Gasteiger partial charge in [-0.05, 0) is 48.7 Å². The van der Waals surface area contributed by atoms with Crippen molar-refractivity contribution < 1.29 is 13.2 Å². The first kappa shape index (κ1) is 15.3. The molecule has 0 unspecified atom stereocenters. The third-order valence-corrected chi connectivity index (χ3v) is 4.90. The number of aromatic nitrogens is 1. The lowest BCUT2D eigenvalue weighted by molar-refractivity contribution is 0.403. The number of hydrogen-bond acceptors (Lipinski definition) is 4. The van der Waals surface area contributed by atoms with E-state index in [1.54, 1.807) is 55.8 Å². The Kier molecular flexibility index (Phi) is 3.92. The molecule has 0 fully saturated rings. The summed E-state index contributed by atoms with van der Waals surface area (Å²) in [4.78, 5) is 4.36. The number of benzene rings is 2. The van der Waals surface area contributed by atoms with Crippen molar-refractivity contribution >= 4 is 26.5 Å². The zero-order chi connectivity index (χ0) is 16.4. The number of rotatable bonds is 4. The standard InChI is InChI=1S/C17H16N2O3S/c1-12-3-6-15(7-4-12)23(20,21)19-14-5-8-16-13(11-14)9-10-18-17(16)22-2/h3-11,19H,1-2H3. The van der Waals surface area contributed by atoms with E-state index in [2.05, 4.69) is 9.71 Å². The van der Waals surface area contributed by atoms with Crippen LogP contribution in [0.1, 0.15) is 5.56 Å². The molecular formula is C17H16N2O3S. The van der Waals surface area contributed by atoms with Crippen molar-refractivity contribution in [3.05, 3.63) is 60.3 Å². The smallest absolute Gasteiger partial charge is 0.261 e. The van der Waals surface area contributed by atoms with Crippen LogP contribution in [-0.2, 0) is 10.0 Å². The maximum atomic E-state index is 12.4. The third kappa shape index (κ3) is 3.12. The van der Waals surface area contributed by atoms with E-state index in [1.807, 2.05) is 13.0 Å². The fourth-order valence-corrected chi connectivity index (χ4v) is 3.36. The van der Waals surface area contributed by atoms with E-state index in [0.29, 0.717) is 11.6 Å². The molecule has 2 aromatic carbocycles. The number of aryl methyl sites for hydroxylation is 1. The minimum Gasteiger partial charge on any atom is -0.481 e. The Labute approximate surface area is 135 Å². The highest BCUT2D eigenvalue weighted by Gasteiger charge is 2.14. The Balaban J connectivity index is 1.96. The van der Waals surface area contributed by atoms with Crippen molar-refractivity contribution in [2.45, 2.75) is 11.8 Å². The van der Waals surface area contributed by atoms with Crippen LogP contribution in [-0.4, -0.2) is 20.5 Å². The van der Waals surface area contributed by atoms with Crippen LogP contribution in [0.15, 0.2) is 59.6 Å². The molecule has 1 heterocycles. The van der Waals surface area contributed by atoms with E-state index >= 15 is 0 Å². The Hall–Kier alpha value is -2.60. The van der Waals surface area contributed by atoms with Crippen LogP contribution >= 0.6 is 0 Å². The van der Waals surface area contributed by atoms with E-state index in [4.69, 9.17) is 4.74 Å². The maximum absolute atomic E-state index is 12.4. The van der Waals surface area contributed by atoms with Gasteiger partial charge in [0, 0.05) is 17.3 Å². The maximum Gasteiger partial charge on any atom is 0.261 e. The molecule has 1 N–H and O–H groups in total. The lowest BCUT2D eigenvalue weighted by Crippen LogP contribution is -2.12. The van der Waals surface area contributed by atoms with Crippen LogP contribution in [0.4, 0.5) is 5.69 Å². The average Bonchev–Trinajstić information content (AvgIpc) is 2.54. The number of nitrogens with zero attached hydrogens (tertiary/aromatic N) is 1. The average molecular weight is 328 g/mol. The molecule has 1 aromatic heterocycles. The fraction of sp³-hybridized carbons (Fsp3) is 0.118. The van der Waals surface area contributed by atoms with Crippen molar-refractivity contribution in [1.82, 2.24) is 4.98 Å². The monoisotopic (exact) mass is 328 g/mol. The molecule has 0 spiro atoms. The largest absolute Gasteiger partial charge is 0.481 e. The second-order valence-electron chi connectivity index (χ2n) is 5.17. The third-order valence-electron chi connectivity index (χ3n) is 3.50. The summed E-state index contributed by atoms with van der Waals surface area (Å²) in [5.41, 5.74) is 1.50. The summed E-state index contributed by atoms with van der Waals surface area (Å²) < 4.78 is 32.6. The molecule has 0 aliphatic rings. The zero-order valence-electron chi connectivity index (χ0n) is 12.8. The second-order valence-corrected chi connectivity index (χ2v) is 6.86. The van der Waals surface area contributed by atoms with Gasteiger partial charge in [0.25, 0.3) is 10.0 Å². The van der Waals surface area contributed by atoms with Crippen LogP contribution < -0.4 is 9.46 Å². The molecular weight excluding hydrogens is 312 g/mol. The molecule has 5 nitrogen and oxygen atoms in total. The van der Waals surface area contributed by atoms with Crippen LogP contribution in [0.5, 0.6) is 5.88 Å². The highest BCUT2D eigenvalue weighted by atomic mass is 32.2. The molecule has 6 heteroatoms. The number of nitrogens with one attached hydrogen (secondary N) is 1. The van der Waals surface area contributed by atoms with Crippen molar-refractivity contribution in [2.75, 3.05) is 11.8 Å². The molecule has 118 valence electrons. The number of ether oxygens (including phenoxy) is 1. The molecule has 3 aromatic rings. The SMILES string of the molecule is COc1nccc2cc(NS(=O)(=O)c3ccc(C)cc3)ccc12. The zero-order valence-corrected chi connectivity index (χ0v) is 13.6. The molecule has 0 bridgehead atoms. The first-order chi connectivity index (χ1) is 11.0. The Morgan fingerprint density at radius 1 is 1.04 bits per heavy atom. The normalized spacial score (nSPS) is 11.4. The number of sulfonamides is 1. The Morgan fingerprint density at radius 2 is 1.78 bits per heavy atom. The lowest BCUT2D eigenvalue weighted by Gasteiger charge is -2.10. The van der Waals surface area contributed by atoms with Crippen molar-refractivity contribution in [3.8, 4) is 5.88 Å². The van der Waals surface area contributed by atoms with E-state index < -0.39 is 10.0 Å². The number of pyridine rings is 1. The van der Waals surface area contributed by atoms with Gasteiger partial charge in [0.1, 0.15) is 0 Å². The molecule has 23 heavy (non-hydrogen) atoms. The van der Waals surface area contributed by atoms with E-state index in [1.165, 1.54) is 0 Å². The Morgan fingerprint density at radius 3 is 2.48 bits per heavy atom. The van der Waals surface area contributed by atoms with Gasteiger partial charge in [0.2, 0.25) is 5.88 Å². The van der Waals surface area contributed by atoms with Gasteiger partial charge in [-0.15, -0.1) is 0 Å². The lowest BCUT2D eigenvalue weighted by atomic mass is 10.1. The Bertz CT molecular complexity index is 951. The second kappa shape index (κ2) is 5.89. The van der Waals surface area contributed by atoms with Gasteiger partial charge in [-0.1, -0.05) is 17.7 Å². The first-order valence-corrected chi connectivity index (χ1v) is 8.50. The number of hydrogen-bond donors (Lipinski definition) is 1. The fourth-order valence-electron chi connectivity index (χ4n) is 2.31. The quantitative estimate of drug-likeness (QED) is 0.797. The molecule has 0 amide bonds. The highest BCUT2D eigenvalue weighted by molar-refractivity contribution is 7.92. The topological polar surface area (TPSA) is 68.3 Å². The van der Waals surface area contributed by atoms with Gasteiger partial charge in [-0.3, -0.25) is 4.72 Å². The van der Waals surface area contributed by atoms with E-state index in [9.17, 15) is 8.42 Å². The summed E-state index contributed by atoms with van der Waals surface area (Å²) in [6.07, 6.45) is 1.62. The predicted molar refractivity (Wildman–Crippen MR) is 90.3 cm³/mol. The summed E-state index contributed by atoms with van der Waals surface area (Å²) in [5.74, 6) is 0.510. The number of methoxy groups -OCH3 is 1. The van der Waals surface area contributed by atoms with Crippen LogP contribution in [0.2, 0.25) is 0 Å². The summed E-state index contributed by atoms with van der Waals surface area (Å²) in [7, 11) is -2.06. The van der Waals surface area contributed by atoms with Gasteiger partial charge >= 0.3 is 0 Å². The van der Waals surface area contributed by atoms with Crippen molar-refractivity contribution in [1.29, 1.82) is 0 Å². The molecule has 0 aliphatic carbocycles. The highest BCUT2D eigenvalue weighted by Crippen LogP contribution is 2.26. The molecule has 0 saturated carbocycles. The predicted octanol–water partition coefficient (Wildman–Crippen LogP) is 3.35. The van der Waals surface area contributed by atoms with Gasteiger partial charge < -0.3 is 4.74 Å². The van der Waals surface area contributed by atoms with Crippen LogP contribution in [0, 0.1) is 6.92 Å². The van der Waals surface area contributed by atoms with Crippen molar-refractivity contribution in [2.24, 2.45) is 0 Å². The van der Waals surface area contributed by atoms with E-state index in [0.717, 1.165) is 16.3 Å². The van der Waals surface area contributed by atoms with Crippen LogP contribution in [0.3, 0.4) is 0 Å². The molecule has 0 atom stereocenters. The summed E-state index contributed by atoms with van der Waals surface area (Å²) in [5, 5.41) is 1.68. The molecule has 3 rings (SSSR count). The summed E-state index contributed by atoms with van der Waals surface area (Å²) in [6.45, 7) is 1.91. The number of fused-ring (bicyclic) bond motifs is 1. The van der Waals surface area contributed by atoms with Gasteiger partial charge in [-0.2, -0.15) is 0 Å². The van der Waals surface area contributed by atoms with Crippen molar-refractivity contribution in [3.63, 3.8) is 0 Å². The number of anilines is 1. The minimum atomic E-state index is -3.61. The summed E-state index contributed by atoms with van der Waals surface area (Å²) >= 11 is 0. The van der Waals surface area contributed by atoms with Crippen LogP contribution in [0.25, 0.3) is 10.8 Å². The molecule has 0 aliphatic heterocycles.